The number of likely N-dealkylation sites (N-methyl/N-ethyl adjacent to an activating group) is 1. The SMILES string of the molecule is CCc1ccc(C2NC(=O)c3c(sc4c3CCN(C)C4)N2)cc1. The van der Waals surface area contributed by atoms with E-state index in [4.69, 9.17) is 0 Å². The molecule has 2 aromatic rings. The van der Waals surface area contributed by atoms with Crippen LogP contribution in [0.1, 0.15) is 45.0 Å². The lowest BCUT2D eigenvalue weighted by molar-refractivity contribution is 0.0935. The third kappa shape index (κ3) is 2.54. The van der Waals surface area contributed by atoms with Crippen LogP contribution in [0.5, 0.6) is 0 Å². The molecular formula is C18H21N3OS. The number of fused-ring (bicyclic) bond motifs is 3. The van der Waals surface area contributed by atoms with Gasteiger partial charge in [0.15, 0.2) is 0 Å². The van der Waals surface area contributed by atoms with Crippen molar-refractivity contribution in [3.63, 3.8) is 0 Å². The van der Waals surface area contributed by atoms with Crippen molar-refractivity contribution in [3.05, 3.63) is 51.4 Å². The van der Waals surface area contributed by atoms with E-state index >= 15 is 0 Å². The number of hydrogen-bond acceptors (Lipinski definition) is 4. The molecule has 1 amide bonds. The highest BCUT2D eigenvalue weighted by Crippen LogP contribution is 2.40. The monoisotopic (exact) mass is 327 g/mol. The van der Waals surface area contributed by atoms with Gasteiger partial charge in [0.25, 0.3) is 5.91 Å². The van der Waals surface area contributed by atoms with Gasteiger partial charge in [0.2, 0.25) is 0 Å². The number of thiophene rings is 1. The van der Waals surface area contributed by atoms with Crippen LogP contribution in [0.25, 0.3) is 0 Å². The normalized spacial score (nSPS) is 20.4. The Morgan fingerprint density at radius 3 is 2.78 bits per heavy atom. The maximum absolute atomic E-state index is 12.6. The molecule has 0 fully saturated rings. The van der Waals surface area contributed by atoms with E-state index in [1.54, 1.807) is 11.3 Å². The minimum Gasteiger partial charge on any atom is -0.353 e. The third-order valence-corrected chi connectivity index (χ3v) is 5.89. The summed E-state index contributed by atoms with van der Waals surface area (Å²) in [6, 6.07) is 8.46. The molecule has 2 N–H and O–H groups in total. The number of benzene rings is 1. The van der Waals surface area contributed by atoms with Gasteiger partial charge in [-0.1, -0.05) is 31.2 Å². The quantitative estimate of drug-likeness (QED) is 0.890. The van der Waals surface area contributed by atoms with Crippen LogP contribution in [-0.4, -0.2) is 24.4 Å². The van der Waals surface area contributed by atoms with Gasteiger partial charge in [-0.15, -0.1) is 11.3 Å². The van der Waals surface area contributed by atoms with Gasteiger partial charge >= 0.3 is 0 Å². The van der Waals surface area contributed by atoms with Gasteiger partial charge in [0.1, 0.15) is 11.2 Å². The van der Waals surface area contributed by atoms with E-state index in [0.717, 1.165) is 42.1 Å². The van der Waals surface area contributed by atoms with Gasteiger partial charge in [-0.3, -0.25) is 4.79 Å². The van der Waals surface area contributed by atoms with Crippen LogP contribution >= 0.6 is 11.3 Å². The molecule has 120 valence electrons. The first-order valence-corrected chi connectivity index (χ1v) is 8.96. The summed E-state index contributed by atoms with van der Waals surface area (Å²) >= 11 is 1.74. The molecule has 1 aromatic heterocycles. The summed E-state index contributed by atoms with van der Waals surface area (Å²) in [7, 11) is 2.13. The molecule has 1 unspecified atom stereocenters. The van der Waals surface area contributed by atoms with E-state index in [-0.39, 0.29) is 12.1 Å². The van der Waals surface area contributed by atoms with Crippen molar-refractivity contribution >= 4 is 22.2 Å². The number of aryl methyl sites for hydroxylation is 1. The molecule has 0 spiro atoms. The fourth-order valence-corrected chi connectivity index (χ4v) is 4.71. The number of carbonyl (C=O) groups is 1. The topological polar surface area (TPSA) is 44.4 Å². The zero-order valence-corrected chi connectivity index (χ0v) is 14.3. The molecule has 0 saturated carbocycles. The summed E-state index contributed by atoms with van der Waals surface area (Å²) in [5.74, 6) is 0.0605. The summed E-state index contributed by atoms with van der Waals surface area (Å²) in [5, 5.41) is 7.66. The second-order valence-electron chi connectivity index (χ2n) is 6.34. The molecular weight excluding hydrogens is 306 g/mol. The number of nitrogens with zero attached hydrogens (tertiary/aromatic N) is 1. The average molecular weight is 327 g/mol. The number of nitrogens with one attached hydrogen (secondary N) is 2. The van der Waals surface area contributed by atoms with Gasteiger partial charge in [0.05, 0.1) is 5.56 Å². The Labute approximate surface area is 140 Å². The van der Waals surface area contributed by atoms with Crippen LogP contribution in [0, 0.1) is 0 Å². The van der Waals surface area contributed by atoms with Gasteiger partial charge in [0, 0.05) is 18.0 Å². The Hall–Kier alpha value is -1.85. The second-order valence-corrected chi connectivity index (χ2v) is 7.45. The highest BCUT2D eigenvalue weighted by molar-refractivity contribution is 7.16. The Balaban J connectivity index is 1.65. The molecule has 1 atom stereocenters. The van der Waals surface area contributed by atoms with E-state index in [0.29, 0.717) is 0 Å². The molecule has 4 nitrogen and oxygen atoms in total. The lowest BCUT2D eigenvalue weighted by atomic mass is 10.0. The summed E-state index contributed by atoms with van der Waals surface area (Å²) in [6.45, 7) is 4.11. The lowest BCUT2D eigenvalue weighted by Crippen LogP contribution is -2.38. The Morgan fingerprint density at radius 1 is 1.26 bits per heavy atom. The fraction of sp³-hybridized carbons (Fsp3) is 0.389. The molecule has 23 heavy (non-hydrogen) atoms. The fourth-order valence-electron chi connectivity index (χ4n) is 3.36. The van der Waals surface area contributed by atoms with Crippen LogP contribution in [-0.2, 0) is 19.4 Å². The van der Waals surface area contributed by atoms with Gasteiger partial charge in [-0.25, -0.2) is 0 Å². The van der Waals surface area contributed by atoms with E-state index in [1.807, 2.05) is 0 Å². The van der Waals surface area contributed by atoms with Crippen LogP contribution in [0.4, 0.5) is 5.00 Å². The van der Waals surface area contributed by atoms with E-state index in [2.05, 4.69) is 53.8 Å². The largest absolute Gasteiger partial charge is 0.353 e. The highest BCUT2D eigenvalue weighted by atomic mass is 32.1. The summed E-state index contributed by atoms with van der Waals surface area (Å²) < 4.78 is 0. The van der Waals surface area contributed by atoms with Crippen molar-refractivity contribution in [2.24, 2.45) is 0 Å². The molecule has 3 heterocycles. The molecule has 2 aliphatic heterocycles. The van der Waals surface area contributed by atoms with Crippen molar-refractivity contribution in [2.45, 2.75) is 32.5 Å². The number of anilines is 1. The highest BCUT2D eigenvalue weighted by Gasteiger charge is 2.32. The van der Waals surface area contributed by atoms with E-state index in [9.17, 15) is 4.79 Å². The molecule has 0 radical (unpaired) electrons. The van der Waals surface area contributed by atoms with Crippen LogP contribution in [0.3, 0.4) is 0 Å². The molecule has 1 aromatic carbocycles. The van der Waals surface area contributed by atoms with Crippen molar-refractivity contribution < 1.29 is 4.79 Å². The summed E-state index contributed by atoms with van der Waals surface area (Å²) in [4.78, 5) is 16.3. The Kier molecular flexibility index (Phi) is 3.62. The Morgan fingerprint density at radius 2 is 2.04 bits per heavy atom. The number of rotatable bonds is 2. The van der Waals surface area contributed by atoms with Gasteiger partial charge in [-0.05, 0) is 36.6 Å². The molecule has 0 aliphatic carbocycles. The van der Waals surface area contributed by atoms with Crippen molar-refractivity contribution in [3.8, 4) is 0 Å². The molecule has 2 aliphatic rings. The molecule has 0 saturated heterocycles. The van der Waals surface area contributed by atoms with E-state index in [1.165, 1.54) is 16.0 Å². The smallest absolute Gasteiger partial charge is 0.256 e. The number of hydrogen-bond donors (Lipinski definition) is 2. The van der Waals surface area contributed by atoms with Crippen LogP contribution in [0.2, 0.25) is 0 Å². The zero-order chi connectivity index (χ0) is 16.0. The average Bonchev–Trinajstić information content (AvgIpc) is 2.92. The number of carbonyl (C=O) groups excluding carboxylic acids is 1. The molecule has 0 bridgehead atoms. The van der Waals surface area contributed by atoms with Crippen LogP contribution in [0.15, 0.2) is 24.3 Å². The maximum atomic E-state index is 12.6. The first-order chi connectivity index (χ1) is 11.2. The predicted molar refractivity (Wildman–Crippen MR) is 94.0 cm³/mol. The second kappa shape index (κ2) is 5.65. The van der Waals surface area contributed by atoms with Crippen molar-refractivity contribution in [2.75, 3.05) is 18.9 Å². The predicted octanol–water partition coefficient (Wildman–Crippen LogP) is 3.15. The maximum Gasteiger partial charge on any atom is 0.256 e. The standard InChI is InChI=1S/C18H21N3OS/c1-3-11-4-6-12(7-5-11)16-19-17(22)15-13-8-9-21(2)10-14(13)23-18(15)20-16/h4-7,16,20H,3,8-10H2,1-2H3,(H,19,22). The summed E-state index contributed by atoms with van der Waals surface area (Å²) in [5.41, 5.74) is 4.53. The van der Waals surface area contributed by atoms with E-state index < -0.39 is 0 Å². The summed E-state index contributed by atoms with van der Waals surface area (Å²) in [6.07, 6.45) is 1.85. The molecule has 5 heteroatoms. The molecule has 4 rings (SSSR count). The number of amides is 1. The van der Waals surface area contributed by atoms with Crippen molar-refractivity contribution in [1.29, 1.82) is 0 Å². The van der Waals surface area contributed by atoms with Gasteiger partial charge < -0.3 is 15.5 Å². The van der Waals surface area contributed by atoms with Crippen molar-refractivity contribution in [1.82, 2.24) is 10.2 Å². The van der Waals surface area contributed by atoms with Crippen LogP contribution < -0.4 is 10.6 Å². The lowest BCUT2D eigenvalue weighted by Gasteiger charge is -2.27. The minimum absolute atomic E-state index is 0.0605. The Bertz CT molecular complexity index is 750. The zero-order valence-electron chi connectivity index (χ0n) is 13.5. The van der Waals surface area contributed by atoms with Gasteiger partial charge in [-0.2, -0.15) is 0 Å². The first kappa shape index (κ1) is 14.7. The first-order valence-electron chi connectivity index (χ1n) is 8.15. The minimum atomic E-state index is -0.140. The third-order valence-electron chi connectivity index (χ3n) is 4.75.